The molecule has 6 heteroatoms. The summed E-state index contributed by atoms with van der Waals surface area (Å²) in [4.78, 5) is 10.9. The number of halogens is 1. The quantitative estimate of drug-likeness (QED) is 0.0837. The molecule has 0 aromatic heterocycles. The highest BCUT2D eigenvalue weighted by Gasteiger charge is 2.27. The Hall–Kier alpha value is -0.230. The van der Waals surface area contributed by atoms with E-state index in [4.69, 9.17) is 28.6 Å². The van der Waals surface area contributed by atoms with Crippen LogP contribution in [0.5, 0.6) is 0 Å². The van der Waals surface area contributed by atoms with Gasteiger partial charge in [-0.1, -0.05) is 113 Å². The molecule has 182 valence electrons. The summed E-state index contributed by atoms with van der Waals surface area (Å²) < 4.78 is 6.28. The van der Waals surface area contributed by atoms with Gasteiger partial charge in [0.2, 0.25) is 0 Å². The van der Waals surface area contributed by atoms with Crippen LogP contribution < -0.4 is 0 Å². The molecular formula is C26H41ClO2S3. The van der Waals surface area contributed by atoms with E-state index in [1.165, 1.54) is 69.8 Å². The van der Waals surface area contributed by atoms with E-state index in [0.717, 1.165) is 14.8 Å². The minimum atomic E-state index is -0.540. The molecule has 0 saturated carbocycles. The molecule has 0 aliphatic rings. The second-order valence-corrected chi connectivity index (χ2v) is 12.7. The van der Waals surface area contributed by atoms with Crippen molar-refractivity contribution in [2.45, 2.75) is 108 Å². The molecule has 0 radical (unpaired) electrons. The van der Waals surface area contributed by atoms with Crippen LogP contribution >= 0.6 is 47.3 Å². The van der Waals surface area contributed by atoms with Gasteiger partial charge in [0.25, 0.3) is 6.47 Å². The highest BCUT2D eigenvalue weighted by molar-refractivity contribution is 8.47. The molecule has 0 aliphatic carbocycles. The zero-order valence-corrected chi connectivity index (χ0v) is 23.3. The molecule has 0 amide bonds. The van der Waals surface area contributed by atoms with Gasteiger partial charge in [-0.25, -0.2) is 0 Å². The first-order valence-corrected chi connectivity index (χ1v) is 14.8. The van der Waals surface area contributed by atoms with Gasteiger partial charge in [-0.05, 0) is 37.1 Å². The van der Waals surface area contributed by atoms with Crippen LogP contribution in [-0.2, 0) is 15.4 Å². The van der Waals surface area contributed by atoms with Crippen molar-refractivity contribution < 1.29 is 9.53 Å². The molecule has 1 atom stereocenters. The lowest BCUT2D eigenvalue weighted by molar-refractivity contribution is -0.140. The normalized spacial score (nSPS) is 12.5. The van der Waals surface area contributed by atoms with Crippen molar-refractivity contribution in [3.8, 4) is 0 Å². The van der Waals surface area contributed by atoms with Crippen LogP contribution in [0.1, 0.15) is 108 Å². The van der Waals surface area contributed by atoms with Crippen molar-refractivity contribution in [3.63, 3.8) is 0 Å². The SMILES string of the molecule is CCCCCCCCCCCCSC(=S)SC(CC(C)(C)OC=O)c1ccc(CCl)cc1. The van der Waals surface area contributed by atoms with Crippen molar-refractivity contribution in [1.29, 1.82) is 0 Å². The highest BCUT2D eigenvalue weighted by Crippen LogP contribution is 2.40. The number of thioether (sulfide) groups is 2. The number of thiocarbonyl (C=S) groups is 1. The Morgan fingerprint density at radius 3 is 2.12 bits per heavy atom. The first-order valence-electron chi connectivity index (χ1n) is 12.0. The molecule has 0 saturated heterocycles. The van der Waals surface area contributed by atoms with Crippen molar-refractivity contribution in [3.05, 3.63) is 35.4 Å². The zero-order valence-electron chi connectivity index (χ0n) is 20.1. The van der Waals surface area contributed by atoms with Crippen LogP contribution in [0.2, 0.25) is 0 Å². The molecule has 0 heterocycles. The number of rotatable bonds is 18. The summed E-state index contributed by atoms with van der Waals surface area (Å²) in [6, 6.07) is 8.34. The van der Waals surface area contributed by atoms with Gasteiger partial charge >= 0.3 is 0 Å². The van der Waals surface area contributed by atoms with Crippen molar-refractivity contribution in [2.24, 2.45) is 0 Å². The molecular weight excluding hydrogens is 476 g/mol. The summed E-state index contributed by atoms with van der Waals surface area (Å²) in [6.07, 6.45) is 14.2. The molecule has 0 aliphatic heterocycles. The highest BCUT2D eigenvalue weighted by atomic mass is 35.5. The van der Waals surface area contributed by atoms with Gasteiger partial charge in [0.05, 0.1) is 0 Å². The molecule has 0 fully saturated rings. The molecule has 0 bridgehead atoms. The zero-order chi connectivity index (χ0) is 23.7. The van der Waals surface area contributed by atoms with Crippen LogP contribution in [0.25, 0.3) is 0 Å². The minimum Gasteiger partial charge on any atom is -0.462 e. The summed E-state index contributed by atoms with van der Waals surface area (Å²) in [7, 11) is 0. The number of benzene rings is 1. The van der Waals surface area contributed by atoms with Crippen LogP contribution in [-0.4, -0.2) is 21.4 Å². The lowest BCUT2D eigenvalue weighted by Crippen LogP contribution is -2.26. The van der Waals surface area contributed by atoms with E-state index >= 15 is 0 Å². The third-order valence-electron chi connectivity index (χ3n) is 5.51. The number of alkyl halides is 1. The fourth-order valence-electron chi connectivity index (χ4n) is 3.57. The Kier molecular flexibility index (Phi) is 16.9. The summed E-state index contributed by atoms with van der Waals surface area (Å²) in [5.74, 6) is 1.58. The Labute approximate surface area is 215 Å². The molecule has 1 aromatic carbocycles. The average Bonchev–Trinajstić information content (AvgIpc) is 2.77. The van der Waals surface area contributed by atoms with Gasteiger partial charge in [-0.2, -0.15) is 0 Å². The van der Waals surface area contributed by atoms with Gasteiger partial charge < -0.3 is 4.74 Å². The summed E-state index contributed by atoms with van der Waals surface area (Å²) in [5.41, 5.74) is 1.75. The van der Waals surface area contributed by atoms with E-state index in [0.29, 0.717) is 18.8 Å². The maximum absolute atomic E-state index is 10.9. The molecule has 0 spiro atoms. The molecule has 2 nitrogen and oxygen atoms in total. The van der Waals surface area contributed by atoms with E-state index in [2.05, 4.69) is 31.2 Å². The minimum absolute atomic E-state index is 0.141. The predicted molar refractivity (Wildman–Crippen MR) is 149 cm³/mol. The van der Waals surface area contributed by atoms with Crippen molar-refractivity contribution in [2.75, 3.05) is 5.75 Å². The number of unbranched alkanes of at least 4 members (excludes halogenated alkanes) is 9. The first kappa shape index (κ1) is 29.8. The number of carbonyl (C=O) groups is 1. The maximum Gasteiger partial charge on any atom is 0.293 e. The monoisotopic (exact) mass is 516 g/mol. The lowest BCUT2D eigenvalue weighted by atomic mass is 9.97. The number of ether oxygens (including phenoxy) is 1. The van der Waals surface area contributed by atoms with Gasteiger partial charge in [0.1, 0.15) is 9.13 Å². The van der Waals surface area contributed by atoms with Gasteiger partial charge in [0, 0.05) is 17.6 Å². The Balaban J connectivity index is 2.38. The van der Waals surface area contributed by atoms with E-state index in [-0.39, 0.29) is 5.25 Å². The smallest absolute Gasteiger partial charge is 0.293 e. The molecule has 32 heavy (non-hydrogen) atoms. The van der Waals surface area contributed by atoms with Crippen LogP contribution in [0.3, 0.4) is 0 Å². The fraction of sp³-hybridized carbons (Fsp3) is 0.692. The standard InChI is InChI=1S/C26H41ClO2S3/c1-4-5-6-7-8-9-10-11-12-13-18-31-25(30)32-24(19-26(2,3)29-21-28)23-16-14-22(20-27)15-17-23/h14-17,21,24H,4-13,18-20H2,1-3H3. The van der Waals surface area contributed by atoms with Gasteiger partial charge in [0.15, 0.2) is 0 Å². The number of hydrogen-bond donors (Lipinski definition) is 0. The molecule has 0 N–H and O–H groups in total. The van der Waals surface area contributed by atoms with Crippen LogP contribution in [0, 0.1) is 0 Å². The lowest BCUT2D eigenvalue weighted by Gasteiger charge is -2.28. The third-order valence-corrected chi connectivity index (χ3v) is 8.74. The number of hydrogen-bond acceptors (Lipinski definition) is 5. The van der Waals surface area contributed by atoms with Crippen molar-refractivity contribution >= 4 is 57.3 Å². The largest absolute Gasteiger partial charge is 0.462 e. The van der Waals surface area contributed by atoms with E-state index < -0.39 is 5.60 Å². The second kappa shape index (κ2) is 18.1. The summed E-state index contributed by atoms with van der Waals surface area (Å²) >= 11 is 15.1. The second-order valence-electron chi connectivity index (χ2n) is 8.94. The van der Waals surface area contributed by atoms with Crippen LogP contribution in [0.4, 0.5) is 0 Å². The Morgan fingerprint density at radius 2 is 1.59 bits per heavy atom. The number of carbonyl (C=O) groups excluding carboxylic acids is 1. The van der Waals surface area contributed by atoms with Gasteiger partial charge in [-0.3, -0.25) is 4.79 Å². The Bertz CT molecular complexity index is 634. The summed E-state index contributed by atoms with van der Waals surface area (Å²) in [6.45, 7) is 6.70. The summed E-state index contributed by atoms with van der Waals surface area (Å²) in [5, 5.41) is 0.141. The predicted octanol–water partition coefficient (Wildman–Crippen LogP) is 9.48. The third kappa shape index (κ3) is 14.1. The van der Waals surface area contributed by atoms with Crippen LogP contribution in [0.15, 0.2) is 24.3 Å². The molecule has 1 aromatic rings. The van der Waals surface area contributed by atoms with E-state index in [9.17, 15) is 4.79 Å². The van der Waals surface area contributed by atoms with Gasteiger partial charge in [-0.15, -0.1) is 23.4 Å². The maximum atomic E-state index is 10.9. The molecule has 1 rings (SSSR count). The first-order chi connectivity index (χ1) is 15.4. The van der Waals surface area contributed by atoms with E-state index in [1.807, 2.05) is 13.8 Å². The Morgan fingerprint density at radius 1 is 1.03 bits per heavy atom. The fourth-order valence-corrected chi connectivity index (χ4v) is 6.74. The molecule has 1 unspecified atom stereocenters. The van der Waals surface area contributed by atoms with E-state index in [1.54, 1.807) is 23.5 Å². The van der Waals surface area contributed by atoms with Crippen molar-refractivity contribution in [1.82, 2.24) is 0 Å². The topological polar surface area (TPSA) is 26.3 Å². The average molecular weight is 517 g/mol.